The fraction of sp³-hybridized carbons (Fsp3) is 0.133. The standard InChI is InChI=1S/C15H6F7N3O2/c16-8-5-6(1-2-7(8)14(17,18)19)11-10(13(26)27)12-23-4-3-9(15(20,21)22)25(12)24-11/h1-5H,(H,26,27). The third kappa shape index (κ3) is 3.17. The molecule has 0 radical (unpaired) electrons. The van der Waals surface area contributed by atoms with Crippen LogP contribution < -0.4 is 0 Å². The molecular formula is C15H6F7N3O2. The van der Waals surface area contributed by atoms with Crippen molar-refractivity contribution in [1.82, 2.24) is 14.6 Å². The molecule has 0 saturated carbocycles. The van der Waals surface area contributed by atoms with Gasteiger partial charge in [-0.15, -0.1) is 0 Å². The van der Waals surface area contributed by atoms with E-state index >= 15 is 0 Å². The van der Waals surface area contributed by atoms with E-state index in [2.05, 4.69) is 10.1 Å². The third-order valence-electron chi connectivity index (χ3n) is 3.57. The van der Waals surface area contributed by atoms with Crippen molar-refractivity contribution in [3.63, 3.8) is 0 Å². The van der Waals surface area contributed by atoms with Crippen molar-refractivity contribution >= 4 is 11.6 Å². The average Bonchev–Trinajstić information content (AvgIpc) is 2.91. The highest BCUT2D eigenvalue weighted by Crippen LogP contribution is 2.36. The number of hydrogen-bond donors (Lipinski definition) is 1. The molecule has 5 nitrogen and oxygen atoms in total. The van der Waals surface area contributed by atoms with Gasteiger partial charge in [0, 0.05) is 11.8 Å². The number of hydrogen-bond acceptors (Lipinski definition) is 3. The summed E-state index contributed by atoms with van der Waals surface area (Å²) in [6.45, 7) is 0. The van der Waals surface area contributed by atoms with Gasteiger partial charge in [0.25, 0.3) is 0 Å². The molecule has 12 heteroatoms. The summed E-state index contributed by atoms with van der Waals surface area (Å²) in [5.41, 5.74) is -5.56. The van der Waals surface area contributed by atoms with Crippen molar-refractivity contribution in [2.45, 2.75) is 12.4 Å². The predicted molar refractivity (Wildman–Crippen MR) is 75.3 cm³/mol. The zero-order chi connectivity index (χ0) is 20.1. The topological polar surface area (TPSA) is 67.5 Å². The number of carboxylic acids is 1. The smallest absolute Gasteiger partial charge is 0.433 e. The summed E-state index contributed by atoms with van der Waals surface area (Å²) >= 11 is 0. The van der Waals surface area contributed by atoms with Gasteiger partial charge in [-0.1, -0.05) is 6.07 Å². The second-order valence-corrected chi connectivity index (χ2v) is 5.28. The molecular weight excluding hydrogens is 387 g/mol. The monoisotopic (exact) mass is 393 g/mol. The zero-order valence-electron chi connectivity index (χ0n) is 12.7. The minimum absolute atomic E-state index is 0.203. The molecule has 0 spiro atoms. The number of aromatic carboxylic acids is 1. The van der Waals surface area contributed by atoms with Gasteiger partial charge in [0.05, 0.1) is 5.56 Å². The van der Waals surface area contributed by atoms with Crippen molar-refractivity contribution < 1.29 is 40.6 Å². The summed E-state index contributed by atoms with van der Waals surface area (Å²) in [6.07, 6.45) is -9.20. The molecule has 2 heterocycles. The van der Waals surface area contributed by atoms with Gasteiger partial charge in [-0.2, -0.15) is 31.4 Å². The lowest BCUT2D eigenvalue weighted by Crippen LogP contribution is -2.13. The fourth-order valence-electron chi connectivity index (χ4n) is 2.45. The summed E-state index contributed by atoms with van der Waals surface area (Å²) in [5.74, 6) is -3.45. The normalized spacial score (nSPS) is 12.6. The number of rotatable bonds is 2. The molecule has 0 amide bonds. The molecule has 0 fully saturated rings. The van der Waals surface area contributed by atoms with Gasteiger partial charge in [0.2, 0.25) is 0 Å². The van der Waals surface area contributed by atoms with Crippen LogP contribution in [-0.2, 0) is 12.4 Å². The van der Waals surface area contributed by atoms with Gasteiger partial charge < -0.3 is 5.11 Å². The van der Waals surface area contributed by atoms with E-state index in [1.54, 1.807) is 0 Å². The Hall–Kier alpha value is -3.18. The van der Waals surface area contributed by atoms with E-state index in [-0.39, 0.29) is 4.52 Å². The lowest BCUT2D eigenvalue weighted by Gasteiger charge is -2.09. The number of carbonyl (C=O) groups is 1. The number of alkyl halides is 6. The van der Waals surface area contributed by atoms with Gasteiger partial charge in [-0.3, -0.25) is 0 Å². The summed E-state index contributed by atoms with van der Waals surface area (Å²) in [5, 5.41) is 12.8. The maximum Gasteiger partial charge on any atom is 0.433 e. The lowest BCUT2D eigenvalue weighted by atomic mass is 10.0. The van der Waals surface area contributed by atoms with E-state index in [1.807, 2.05) is 0 Å². The van der Waals surface area contributed by atoms with Crippen LogP contribution in [0.1, 0.15) is 21.6 Å². The summed E-state index contributed by atoms with van der Waals surface area (Å²) < 4.78 is 91.2. The maximum absolute atomic E-state index is 13.8. The van der Waals surface area contributed by atoms with Crippen molar-refractivity contribution in [3.8, 4) is 11.3 Å². The molecule has 1 N–H and O–H groups in total. The Morgan fingerprint density at radius 3 is 2.22 bits per heavy atom. The summed E-state index contributed by atoms with van der Waals surface area (Å²) in [6, 6.07) is 1.96. The number of nitrogens with zero attached hydrogens (tertiary/aromatic N) is 3. The molecule has 27 heavy (non-hydrogen) atoms. The van der Waals surface area contributed by atoms with E-state index in [4.69, 9.17) is 0 Å². The van der Waals surface area contributed by atoms with Crippen LogP contribution in [0.5, 0.6) is 0 Å². The average molecular weight is 393 g/mol. The summed E-state index contributed by atoms with van der Waals surface area (Å²) in [4.78, 5) is 15.0. The number of aromatic nitrogens is 3. The molecule has 3 aromatic rings. The van der Waals surface area contributed by atoms with Gasteiger partial charge >= 0.3 is 18.3 Å². The Morgan fingerprint density at radius 1 is 1.04 bits per heavy atom. The minimum Gasteiger partial charge on any atom is -0.477 e. The van der Waals surface area contributed by atoms with Crippen molar-refractivity contribution in [2.75, 3.05) is 0 Å². The van der Waals surface area contributed by atoms with E-state index in [0.29, 0.717) is 30.5 Å². The SMILES string of the molecule is O=C(O)c1c(-c2ccc(C(F)(F)F)c(F)c2)nn2c(C(F)(F)F)ccnc12. The van der Waals surface area contributed by atoms with Gasteiger partial charge in [-0.05, 0) is 18.2 Å². The number of carboxylic acid groups (broad SMARTS) is 1. The second kappa shape index (κ2) is 5.93. The Balaban J connectivity index is 2.31. The highest BCUT2D eigenvalue weighted by Gasteiger charge is 2.37. The van der Waals surface area contributed by atoms with E-state index in [1.165, 1.54) is 0 Å². The number of halogens is 7. The van der Waals surface area contributed by atoms with Crippen LogP contribution in [0.2, 0.25) is 0 Å². The van der Waals surface area contributed by atoms with Crippen molar-refractivity contribution in [3.05, 3.63) is 53.1 Å². The minimum atomic E-state index is -5.00. The van der Waals surface area contributed by atoms with Gasteiger partial charge in [0.15, 0.2) is 5.65 Å². The highest BCUT2D eigenvalue weighted by atomic mass is 19.4. The second-order valence-electron chi connectivity index (χ2n) is 5.28. The van der Waals surface area contributed by atoms with Gasteiger partial charge in [0.1, 0.15) is 22.8 Å². The molecule has 0 aliphatic rings. The molecule has 0 aliphatic heterocycles. The quantitative estimate of drug-likeness (QED) is 0.661. The van der Waals surface area contributed by atoms with Gasteiger partial charge in [-0.25, -0.2) is 18.7 Å². The van der Waals surface area contributed by atoms with Crippen LogP contribution in [0.15, 0.2) is 30.5 Å². The largest absolute Gasteiger partial charge is 0.477 e. The van der Waals surface area contributed by atoms with Crippen LogP contribution in [0, 0.1) is 5.82 Å². The molecule has 142 valence electrons. The number of fused-ring (bicyclic) bond motifs is 1. The van der Waals surface area contributed by atoms with E-state index < -0.39 is 57.9 Å². The van der Waals surface area contributed by atoms with Crippen LogP contribution in [0.3, 0.4) is 0 Å². The van der Waals surface area contributed by atoms with Crippen LogP contribution in [-0.4, -0.2) is 25.7 Å². The van der Waals surface area contributed by atoms with E-state index in [9.17, 15) is 40.6 Å². The Labute approximate surface area is 144 Å². The number of benzene rings is 1. The Morgan fingerprint density at radius 2 is 1.70 bits per heavy atom. The van der Waals surface area contributed by atoms with E-state index in [0.717, 1.165) is 0 Å². The third-order valence-corrected chi connectivity index (χ3v) is 3.57. The first-order chi connectivity index (χ1) is 12.4. The van der Waals surface area contributed by atoms with Crippen LogP contribution in [0.4, 0.5) is 30.7 Å². The molecule has 1 aromatic carbocycles. The molecule has 0 bridgehead atoms. The predicted octanol–water partition coefficient (Wildman–Crippen LogP) is 4.27. The molecule has 3 rings (SSSR count). The molecule has 0 aliphatic carbocycles. The fourth-order valence-corrected chi connectivity index (χ4v) is 2.45. The van der Waals surface area contributed by atoms with Crippen molar-refractivity contribution in [2.24, 2.45) is 0 Å². The van der Waals surface area contributed by atoms with Crippen LogP contribution >= 0.6 is 0 Å². The summed E-state index contributed by atoms with van der Waals surface area (Å²) in [7, 11) is 0. The maximum atomic E-state index is 13.8. The van der Waals surface area contributed by atoms with Crippen LogP contribution in [0.25, 0.3) is 16.9 Å². The van der Waals surface area contributed by atoms with Crippen molar-refractivity contribution in [1.29, 1.82) is 0 Å². The molecule has 2 aromatic heterocycles. The first-order valence-corrected chi connectivity index (χ1v) is 6.96. The first kappa shape index (κ1) is 18.6. The highest BCUT2D eigenvalue weighted by molar-refractivity contribution is 6.01. The molecule has 0 saturated heterocycles. The molecule has 0 atom stereocenters. The lowest BCUT2D eigenvalue weighted by molar-refractivity contribution is -0.142. The first-order valence-electron chi connectivity index (χ1n) is 6.96. The zero-order valence-corrected chi connectivity index (χ0v) is 12.7. The molecule has 0 unspecified atom stereocenters. The Kier molecular flexibility index (Phi) is 4.08. The Bertz CT molecular complexity index is 1050.